The molecule has 5 N–H and O–H groups in total. The van der Waals surface area contributed by atoms with Gasteiger partial charge in [0, 0.05) is 18.9 Å². The van der Waals surface area contributed by atoms with Gasteiger partial charge in [0.1, 0.15) is 24.0 Å². The zero-order chi connectivity index (χ0) is 25.6. The Balaban J connectivity index is 2.12. The quantitative estimate of drug-likeness (QED) is 0.289. The molecule has 1 atom stereocenters. The number of pyridine rings is 1. The maximum absolute atomic E-state index is 13.2. The van der Waals surface area contributed by atoms with Crippen molar-refractivity contribution in [3.8, 4) is 0 Å². The van der Waals surface area contributed by atoms with Crippen LogP contribution in [0.25, 0.3) is 21.9 Å². The fourth-order valence-electron chi connectivity index (χ4n) is 4.04. The van der Waals surface area contributed by atoms with E-state index in [1.165, 1.54) is 6.92 Å². The van der Waals surface area contributed by atoms with E-state index in [4.69, 9.17) is 15.5 Å². The zero-order valence-electron chi connectivity index (χ0n) is 20.9. The molecule has 10 nitrogen and oxygen atoms in total. The molecule has 2 amide bonds. The summed E-state index contributed by atoms with van der Waals surface area (Å²) in [6, 6.07) is 6.87. The van der Waals surface area contributed by atoms with E-state index in [2.05, 4.69) is 15.6 Å². The molecule has 0 radical (unpaired) electrons. The summed E-state index contributed by atoms with van der Waals surface area (Å²) in [5.74, 6) is 0.261. The molecule has 0 saturated carbocycles. The van der Waals surface area contributed by atoms with Crippen molar-refractivity contribution < 1.29 is 19.4 Å². The van der Waals surface area contributed by atoms with Crippen LogP contribution in [0.2, 0.25) is 0 Å². The van der Waals surface area contributed by atoms with Gasteiger partial charge in [-0.15, -0.1) is 0 Å². The summed E-state index contributed by atoms with van der Waals surface area (Å²) >= 11 is 0. The Kier molecular flexibility index (Phi) is 8.76. The summed E-state index contributed by atoms with van der Waals surface area (Å²) in [6.07, 6.45) is 1.92. The molecule has 0 aliphatic rings. The lowest BCUT2D eigenvalue weighted by atomic mass is 10.1. The van der Waals surface area contributed by atoms with Crippen molar-refractivity contribution in [1.29, 1.82) is 0 Å². The number of nitrogens with one attached hydrogen (secondary N) is 2. The average molecular weight is 485 g/mol. The van der Waals surface area contributed by atoms with Crippen molar-refractivity contribution in [2.45, 2.75) is 71.8 Å². The smallest absolute Gasteiger partial charge is 0.248 e. The molecule has 2 heterocycles. The van der Waals surface area contributed by atoms with Gasteiger partial charge in [0.15, 0.2) is 5.82 Å². The van der Waals surface area contributed by atoms with Crippen LogP contribution in [0.1, 0.15) is 52.8 Å². The number of amides is 2. The Morgan fingerprint density at radius 3 is 2.63 bits per heavy atom. The van der Waals surface area contributed by atoms with Crippen LogP contribution >= 0.6 is 0 Å². The third kappa shape index (κ3) is 6.74. The van der Waals surface area contributed by atoms with E-state index >= 15 is 0 Å². The lowest BCUT2D eigenvalue weighted by Gasteiger charge is -2.21. The molecule has 0 bridgehead atoms. The Bertz CT molecular complexity index is 1180. The molecular weight excluding hydrogens is 448 g/mol. The number of benzene rings is 1. The number of anilines is 1. The van der Waals surface area contributed by atoms with Gasteiger partial charge in [-0.05, 0) is 52.6 Å². The number of ether oxygens (including phenoxy) is 1. The second-order valence-corrected chi connectivity index (χ2v) is 9.27. The van der Waals surface area contributed by atoms with Crippen LogP contribution in [0.3, 0.4) is 0 Å². The van der Waals surface area contributed by atoms with Crippen molar-refractivity contribution >= 4 is 39.6 Å². The maximum atomic E-state index is 13.2. The van der Waals surface area contributed by atoms with Gasteiger partial charge in [0.2, 0.25) is 11.8 Å². The van der Waals surface area contributed by atoms with E-state index in [1.807, 2.05) is 35.8 Å². The van der Waals surface area contributed by atoms with Crippen LogP contribution in [0.5, 0.6) is 0 Å². The zero-order valence-corrected chi connectivity index (χ0v) is 20.9. The molecule has 2 aromatic heterocycles. The Morgan fingerprint density at radius 2 is 1.97 bits per heavy atom. The van der Waals surface area contributed by atoms with Gasteiger partial charge in [-0.3, -0.25) is 9.59 Å². The standard InChI is InChI=1S/C25H36N6O4/c1-5-35-14-20-29-21-22(31(20)15-25(3,4)34)17-10-6-7-11-18(17)28-23(21)30-24(33)19(27-16(2)32)12-8-9-13-26/h6-7,10-11,19,34H,5,8-9,12-15,26H2,1-4H3,(H,27,32)(H,28,30,33)/t19-/m0/s1. The van der Waals surface area contributed by atoms with Crippen LogP contribution in [0.15, 0.2) is 24.3 Å². The van der Waals surface area contributed by atoms with Gasteiger partial charge in [-0.25, -0.2) is 9.97 Å². The molecule has 3 rings (SSSR count). The summed E-state index contributed by atoms with van der Waals surface area (Å²) in [5, 5.41) is 17.1. The first-order valence-corrected chi connectivity index (χ1v) is 12.0. The van der Waals surface area contributed by atoms with E-state index in [0.29, 0.717) is 48.7 Å². The number of rotatable bonds is 12. The second-order valence-electron chi connectivity index (χ2n) is 9.27. The van der Waals surface area contributed by atoms with Crippen LogP contribution in [0.4, 0.5) is 5.82 Å². The number of imidazole rings is 1. The van der Waals surface area contributed by atoms with Crippen molar-refractivity contribution in [1.82, 2.24) is 19.9 Å². The summed E-state index contributed by atoms with van der Waals surface area (Å²) in [4.78, 5) is 34.4. The van der Waals surface area contributed by atoms with Gasteiger partial charge in [-0.1, -0.05) is 18.2 Å². The first kappa shape index (κ1) is 26.5. The Morgan fingerprint density at radius 1 is 1.23 bits per heavy atom. The topological polar surface area (TPSA) is 144 Å². The molecule has 3 aromatic rings. The van der Waals surface area contributed by atoms with Gasteiger partial charge >= 0.3 is 0 Å². The molecule has 35 heavy (non-hydrogen) atoms. The van der Waals surface area contributed by atoms with E-state index in [-0.39, 0.29) is 25.0 Å². The van der Waals surface area contributed by atoms with Crippen LogP contribution < -0.4 is 16.4 Å². The summed E-state index contributed by atoms with van der Waals surface area (Å²) in [6.45, 7) is 8.30. The van der Waals surface area contributed by atoms with Gasteiger partial charge < -0.3 is 30.8 Å². The number of nitrogens with zero attached hydrogens (tertiary/aromatic N) is 3. The number of unbranched alkanes of at least 4 members (excludes halogenated alkanes) is 1. The van der Waals surface area contributed by atoms with Gasteiger partial charge in [-0.2, -0.15) is 0 Å². The first-order chi connectivity index (χ1) is 16.6. The highest BCUT2D eigenvalue weighted by Gasteiger charge is 2.25. The fourth-order valence-corrected chi connectivity index (χ4v) is 4.04. The largest absolute Gasteiger partial charge is 0.389 e. The fraction of sp³-hybridized carbons (Fsp3) is 0.520. The minimum atomic E-state index is -1.01. The number of aliphatic hydroxyl groups is 1. The molecule has 0 aliphatic heterocycles. The highest BCUT2D eigenvalue weighted by molar-refractivity contribution is 6.10. The highest BCUT2D eigenvalue weighted by Crippen LogP contribution is 2.31. The molecule has 0 spiro atoms. The molecule has 10 heteroatoms. The minimum Gasteiger partial charge on any atom is -0.389 e. The van der Waals surface area contributed by atoms with Crippen LogP contribution in [0, 0.1) is 0 Å². The minimum absolute atomic E-state index is 0.247. The molecule has 1 aromatic carbocycles. The summed E-state index contributed by atoms with van der Waals surface area (Å²) < 4.78 is 7.57. The first-order valence-electron chi connectivity index (χ1n) is 12.0. The van der Waals surface area contributed by atoms with Crippen molar-refractivity contribution in [2.24, 2.45) is 5.73 Å². The van der Waals surface area contributed by atoms with Crippen molar-refractivity contribution in [2.75, 3.05) is 18.5 Å². The molecule has 0 aliphatic carbocycles. The van der Waals surface area contributed by atoms with E-state index in [1.54, 1.807) is 13.8 Å². The van der Waals surface area contributed by atoms with Crippen LogP contribution in [-0.2, 0) is 27.5 Å². The SMILES string of the molecule is CCOCc1nc2c(NC(=O)[C@H](CCCCN)NC(C)=O)nc3ccccc3c2n1CC(C)(C)O. The van der Waals surface area contributed by atoms with Gasteiger partial charge in [0.25, 0.3) is 0 Å². The molecule has 0 saturated heterocycles. The van der Waals surface area contributed by atoms with Crippen molar-refractivity contribution in [3.63, 3.8) is 0 Å². The third-order valence-electron chi connectivity index (χ3n) is 5.53. The molecule has 0 fully saturated rings. The van der Waals surface area contributed by atoms with Gasteiger partial charge in [0.05, 0.1) is 23.2 Å². The predicted molar refractivity (Wildman–Crippen MR) is 136 cm³/mol. The molecule has 0 unspecified atom stereocenters. The number of hydrogen-bond acceptors (Lipinski definition) is 7. The predicted octanol–water partition coefficient (Wildman–Crippen LogP) is 2.46. The lowest BCUT2D eigenvalue weighted by molar-refractivity contribution is -0.125. The number of carbonyl (C=O) groups is 2. The number of para-hydroxylation sites is 1. The average Bonchev–Trinajstić information content (AvgIpc) is 3.14. The van der Waals surface area contributed by atoms with Crippen molar-refractivity contribution in [3.05, 3.63) is 30.1 Å². The molecule has 190 valence electrons. The number of carbonyl (C=O) groups excluding carboxylic acids is 2. The van der Waals surface area contributed by atoms with E-state index in [9.17, 15) is 14.7 Å². The lowest BCUT2D eigenvalue weighted by Crippen LogP contribution is -2.43. The molecular formula is C25H36N6O4. The number of nitrogens with two attached hydrogens (primary N) is 1. The summed E-state index contributed by atoms with van der Waals surface area (Å²) in [7, 11) is 0. The third-order valence-corrected chi connectivity index (χ3v) is 5.53. The second kappa shape index (κ2) is 11.6. The number of hydrogen-bond donors (Lipinski definition) is 4. The summed E-state index contributed by atoms with van der Waals surface area (Å²) in [5.41, 5.74) is 6.50. The Hall–Kier alpha value is -3.08. The number of fused-ring (bicyclic) bond motifs is 3. The highest BCUT2D eigenvalue weighted by atomic mass is 16.5. The Labute approximate surface area is 205 Å². The normalized spacial score (nSPS) is 12.7. The van der Waals surface area contributed by atoms with E-state index in [0.717, 1.165) is 17.3 Å². The maximum Gasteiger partial charge on any atom is 0.248 e. The number of aromatic nitrogens is 3. The van der Waals surface area contributed by atoms with E-state index < -0.39 is 11.6 Å². The van der Waals surface area contributed by atoms with Crippen LogP contribution in [-0.4, -0.2) is 56.3 Å². The monoisotopic (exact) mass is 484 g/mol.